The molecular formula is C28H28N4O8. The summed E-state index contributed by atoms with van der Waals surface area (Å²) in [6.07, 6.45) is 1.59. The van der Waals surface area contributed by atoms with Gasteiger partial charge in [-0.25, -0.2) is 4.98 Å². The van der Waals surface area contributed by atoms with E-state index in [0.717, 1.165) is 0 Å². The van der Waals surface area contributed by atoms with Crippen molar-refractivity contribution in [3.8, 4) is 16.9 Å². The molecule has 6 atom stereocenters. The predicted octanol–water partition coefficient (Wildman–Crippen LogP) is -0.113. The Kier molecular flexibility index (Phi) is 6.42. The summed E-state index contributed by atoms with van der Waals surface area (Å²) in [5.74, 6) is -10.9. The van der Waals surface area contributed by atoms with Crippen LogP contribution in [0.3, 0.4) is 0 Å². The van der Waals surface area contributed by atoms with Gasteiger partial charge in [-0.05, 0) is 62.2 Å². The monoisotopic (exact) mass is 548 g/mol. The number of nitrogens with zero attached hydrogens (tertiary/aromatic N) is 2. The zero-order valence-corrected chi connectivity index (χ0v) is 22.0. The molecule has 0 spiro atoms. The van der Waals surface area contributed by atoms with Crippen molar-refractivity contribution in [1.29, 1.82) is 0 Å². The molecule has 1 heterocycles. The number of primary amides is 1. The van der Waals surface area contributed by atoms with Crippen molar-refractivity contribution < 1.29 is 39.0 Å². The molecule has 1 aromatic carbocycles. The summed E-state index contributed by atoms with van der Waals surface area (Å²) in [7, 11) is 3.06. The summed E-state index contributed by atoms with van der Waals surface area (Å²) in [5.41, 5.74) is 4.09. The minimum absolute atomic E-state index is 0.0429. The molecule has 1 aromatic heterocycles. The van der Waals surface area contributed by atoms with Crippen LogP contribution >= 0.6 is 0 Å². The molecule has 0 radical (unpaired) electrons. The van der Waals surface area contributed by atoms with E-state index >= 15 is 0 Å². The number of aromatic hydroxyl groups is 1. The van der Waals surface area contributed by atoms with Crippen LogP contribution in [0, 0.1) is 23.7 Å². The molecule has 3 aliphatic carbocycles. The Morgan fingerprint density at radius 3 is 2.38 bits per heavy atom. The second-order valence-corrected chi connectivity index (χ2v) is 10.9. The van der Waals surface area contributed by atoms with Crippen LogP contribution in [0.15, 0.2) is 30.5 Å². The maximum Gasteiger partial charge on any atom is 0.235 e. The van der Waals surface area contributed by atoms with Crippen LogP contribution in [0.1, 0.15) is 29.3 Å². The number of phenolic OH excluding ortho intramolecular Hbond substituents is 1. The average Bonchev–Trinajstić information content (AvgIpc) is 2.86. The average molecular weight is 549 g/mol. The number of carbonyl (C=O) groups is 6. The quantitative estimate of drug-likeness (QED) is 0.374. The van der Waals surface area contributed by atoms with E-state index in [0.29, 0.717) is 22.5 Å². The van der Waals surface area contributed by atoms with Crippen LogP contribution in [-0.2, 0) is 30.4 Å². The second-order valence-electron chi connectivity index (χ2n) is 10.9. The van der Waals surface area contributed by atoms with Crippen LogP contribution in [-0.4, -0.2) is 80.8 Å². The number of pyridine rings is 1. The topological polar surface area (TPSA) is 197 Å². The molecule has 2 unspecified atom stereocenters. The van der Waals surface area contributed by atoms with Gasteiger partial charge in [0.05, 0.1) is 17.5 Å². The number of aliphatic hydroxyl groups is 1. The molecule has 0 saturated heterocycles. The second kappa shape index (κ2) is 9.42. The number of ketones is 4. The maximum absolute atomic E-state index is 13.9. The van der Waals surface area contributed by atoms with Gasteiger partial charge >= 0.3 is 0 Å². The lowest BCUT2D eigenvalue weighted by atomic mass is 9.52. The largest absolute Gasteiger partial charge is 0.507 e. The van der Waals surface area contributed by atoms with Gasteiger partial charge in [-0.1, -0.05) is 6.07 Å². The van der Waals surface area contributed by atoms with Crippen LogP contribution in [0.2, 0.25) is 0 Å². The number of hydrogen-bond donors (Lipinski definition) is 4. The molecule has 2 fully saturated rings. The fraction of sp³-hybridized carbons (Fsp3) is 0.393. The molecule has 5 N–H and O–H groups in total. The fourth-order valence-corrected chi connectivity index (χ4v) is 6.68. The van der Waals surface area contributed by atoms with E-state index < -0.39 is 64.4 Å². The number of benzene rings is 1. The van der Waals surface area contributed by atoms with Crippen LogP contribution in [0.5, 0.6) is 5.75 Å². The van der Waals surface area contributed by atoms with Crippen molar-refractivity contribution in [1.82, 2.24) is 9.88 Å². The first-order valence-electron chi connectivity index (χ1n) is 12.7. The number of anilines is 1. The number of nitrogens with two attached hydrogens (primary N) is 1. The van der Waals surface area contributed by atoms with Gasteiger partial charge in [0.15, 0.2) is 34.7 Å². The third kappa shape index (κ3) is 3.86. The van der Waals surface area contributed by atoms with Crippen LogP contribution in [0.4, 0.5) is 5.82 Å². The molecule has 5 rings (SSSR count). The number of rotatable bonds is 4. The number of likely N-dealkylation sites (N-methyl/N-ethyl adjacent to an activating group) is 1. The molecule has 12 heteroatoms. The van der Waals surface area contributed by atoms with Gasteiger partial charge in [0.25, 0.3) is 0 Å². The number of hydrogen-bond acceptors (Lipinski definition) is 10. The third-order valence-electron chi connectivity index (χ3n) is 8.32. The van der Waals surface area contributed by atoms with Gasteiger partial charge in [0.1, 0.15) is 11.6 Å². The van der Waals surface area contributed by atoms with Crippen molar-refractivity contribution in [2.45, 2.75) is 31.4 Å². The number of fused-ring (bicyclic) bond motifs is 3. The molecule has 0 bridgehead atoms. The summed E-state index contributed by atoms with van der Waals surface area (Å²) in [4.78, 5) is 83.3. The number of nitrogens with one attached hydrogen (secondary N) is 1. The van der Waals surface area contributed by atoms with E-state index in [4.69, 9.17) is 5.73 Å². The van der Waals surface area contributed by atoms with Gasteiger partial charge in [0, 0.05) is 24.6 Å². The van der Waals surface area contributed by atoms with Gasteiger partial charge < -0.3 is 21.3 Å². The molecular weight excluding hydrogens is 520 g/mol. The molecule has 2 amide bonds. The fourth-order valence-electron chi connectivity index (χ4n) is 6.68. The zero-order valence-electron chi connectivity index (χ0n) is 22.0. The highest BCUT2D eigenvalue weighted by Gasteiger charge is 2.69. The number of carbonyl (C=O) groups excluding carboxylic acids is 6. The lowest BCUT2D eigenvalue weighted by molar-refractivity contribution is -0.181. The van der Waals surface area contributed by atoms with E-state index in [1.807, 2.05) is 0 Å². The number of phenols is 1. The Balaban J connectivity index is 1.61. The SMILES string of the molecule is CC(=O)Nc1ccc(-c2ccc(O)c3c2C[C@H]2C[C@H]4[C@H](N(C)C)C(=O)C(C(N)=O)C(=O)[C@@]4(O)C(=O)C2C3=O)cn1. The summed E-state index contributed by atoms with van der Waals surface area (Å²) in [5, 5.41) is 24.9. The number of aromatic nitrogens is 1. The Labute approximate surface area is 228 Å². The summed E-state index contributed by atoms with van der Waals surface area (Å²) < 4.78 is 0. The van der Waals surface area contributed by atoms with Crippen LogP contribution < -0.4 is 11.1 Å². The Bertz CT molecular complexity index is 1500. The molecule has 2 aromatic rings. The Hall–Kier alpha value is -4.29. The van der Waals surface area contributed by atoms with Crippen molar-refractivity contribution >= 4 is 40.8 Å². The smallest absolute Gasteiger partial charge is 0.235 e. The molecule has 2 saturated carbocycles. The van der Waals surface area contributed by atoms with Crippen molar-refractivity contribution in [2.75, 3.05) is 19.4 Å². The zero-order chi connectivity index (χ0) is 29.3. The highest BCUT2D eigenvalue weighted by atomic mass is 16.3. The molecule has 208 valence electrons. The lowest BCUT2D eigenvalue weighted by Crippen LogP contribution is -2.74. The van der Waals surface area contributed by atoms with Gasteiger partial charge in [0.2, 0.25) is 11.8 Å². The van der Waals surface area contributed by atoms with E-state index in [-0.39, 0.29) is 30.1 Å². The molecule has 3 aliphatic rings. The maximum atomic E-state index is 13.9. The highest BCUT2D eigenvalue weighted by Crippen LogP contribution is 2.51. The molecule has 0 aliphatic heterocycles. The Morgan fingerprint density at radius 1 is 1.10 bits per heavy atom. The summed E-state index contributed by atoms with van der Waals surface area (Å²) in [6.45, 7) is 1.35. The third-order valence-corrected chi connectivity index (χ3v) is 8.32. The number of Topliss-reactive ketones (excluding diaryl/α,β-unsaturated/α-hetero) is 4. The van der Waals surface area contributed by atoms with E-state index in [9.17, 15) is 39.0 Å². The summed E-state index contributed by atoms with van der Waals surface area (Å²) in [6, 6.07) is 5.04. The van der Waals surface area contributed by atoms with E-state index in [2.05, 4.69) is 10.3 Å². The minimum Gasteiger partial charge on any atom is -0.507 e. The molecule has 12 nitrogen and oxygen atoms in total. The first-order chi connectivity index (χ1) is 18.8. The van der Waals surface area contributed by atoms with E-state index in [1.165, 1.54) is 38.2 Å². The van der Waals surface area contributed by atoms with Gasteiger partial charge in [-0.3, -0.25) is 33.7 Å². The molecule has 40 heavy (non-hydrogen) atoms. The number of amides is 2. The lowest BCUT2D eigenvalue weighted by Gasteiger charge is -2.52. The predicted molar refractivity (Wildman–Crippen MR) is 139 cm³/mol. The minimum atomic E-state index is -2.77. The normalized spacial score (nSPS) is 29.5. The van der Waals surface area contributed by atoms with Crippen molar-refractivity contribution in [3.63, 3.8) is 0 Å². The highest BCUT2D eigenvalue weighted by molar-refractivity contribution is 6.32. The van der Waals surface area contributed by atoms with Gasteiger partial charge in [-0.2, -0.15) is 0 Å². The van der Waals surface area contributed by atoms with Crippen molar-refractivity contribution in [3.05, 3.63) is 41.6 Å². The van der Waals surface area contributed by atoms with Crippen molar-refractivity contribution in [2.24, 2.45) is 29.4 Å². The first-order valence-corrected chi connectivity index (χ1v) is 12.7. The summed E-state index contributed by atoms with van der Waals surface area (Å²) >= 11 is 0. The van der Waals surface area contributed by atoms with E-state index in [1.54, 1.807) is 18.2 Å². The Morgan fingerprint density at radius 2 is 1.80 bits per heavy atom. The van der Waals surface area contributed by atoms with Crippen LogP contribution in [0.25, 0.3) is 11.1 Å². The standard InChI is InChI=1S/C28H28N4O8/c1-11(33)31-18-7-4-12(10-30-18)14-5-6-17(34)20-15(14)8-13-9-16-22(32(2)3)24(36)21(27(29)39)26(38)28(16,40)25(37)19(13)23(20)35/h4-7,10,13,16,19,21-22,34,40H,8-9H2,1-3H3,(H2,29,39)(H,30,31,33)/t13-,16-,19?,21?,22-,28-/m0/s1. The van der Waals surface area contributed by atoms with Gasteiger partial charge in [-0.15, -0.1) is 0 Å². The first kappa shape index (κ1) is 27.3.